The van der Waals surface area contributed by atoms with Crippen LogP contribution in [0.4, 0.5) is 0 Å². The third-order valence-corrected chi connectivity index (χ3v) is 5.07. The minimum absolute atomic E-state index is 0. The van der Waals surface area contributed by atoms with Crippen LogP contribution < -0.4 is 10.1 Å². The summed E-state index contributed by atoms with van der Waals surface area (Å²) in [6.07, 6.45) is 3.60. The summed E-state index contributed by atoms with van der Waals surface area (Å²) in [4.78, 5) is 15.4. The molecule has 6 nitrogen and oxygen atoms in total. The van der Waals surface area contributed by atoms with Crippen LogP contribution in [-0.2, 0) is 6.42 Å². The first-order valence-corrected chi connectivity index (χ1v) is 10.4. The van der Waals surface area contributed by atoms with Gasteiger partial charge in [-0.2, -0.15) is 0 Å². The van der Waals surface area contributed by atoms with Crippen molar-refractivity contribution in [1.82, 2.24) is 10.3 Å². The Morgan fingerprint density at radius 2 is 1.79 bits per heavy atom. The summed E-state index contributed by atoms with van der Waals surface area (Å²) in [6, 6.07) is 17.2. The van der Waals surface area contributed by atoms with E-state index in [-0.39, 0.29) is 36.4 Å². The van der Waals surface area contributed by atoms with E-state index in [1.165, 1.54) is 5.56 Å². The average molecular weight is 493 g/mol. The maximum absolute atomic E-state index is 11.4. The van der Waals surface area contributed by atoms with Crippen molar-refractivity contribution in [2.24, 2.45) is 0 Å². The number of rotatable bonds is 10. The Morgan fingerprint density at radius 3 is 2.39 bits per heavy atom. The van der Waals surface area contributed by atoms with E-state index in [9.17, 15) is 15.0 Å². The van der Waals surface area contributed by atoms with Crippen LogP contribution >= 0.6 is 24.8 Å². The SMILES string of the molecule is CCOc1cc(-c2ccc(C[C@@H](C)NC[C@@H](O)c3cccnc3)cc2)ccc1C(=O)O.Cl.Cl. The van der Waals surface area contributed by atoms with Crippen LogP contribution in [0, 0.1) is 0 Å². The third kappa shape index (κ3) is 8.02. The first kappa shape index (κ1) is 28.4. The Balaban J connectivity index is 0.00000272. The predicted molar refractivity (Wildman–Crippen MR) is 135 cm³/mol. The molecule has 0 fully saturated rings. The van der Waals surface area contributed by atoms with Crippen LogP contribution in [0.5, 0.6) is 5.75 Å². The third-order valence-electron chi connectivity index (χ3n) is 5.07. The van der Waals surface area contributed by atoms with Crippen LogP contribution in [0.1, 0.15) is 41.4 Å². The molecule has 3 N–H and O–H groups in total. The maximum Gasteiger partial charge on any atom is 0.339 e. The molecule has 3 aromatic rings. The van der Waals surface area contributed by atoms with E-state index < -0.39 is 12.1 Å². The lowest BCUT2D eigenvalue weighted by molar-refractivity contribution is 0.0692. The summed E-state index contributed by atoms with van der Waals surface area (Å²) in [6.45, 7) is 4.78. The number of aromatic carboxylic acids is 1. The Morgan fingerprint density at radius 1 is 1.09 bits per heavy atom. The molecule has 0 spiro atoms. The molecule has 0 aliphatic heterocycles. The zero-order valence-corrected chi connectivity index (χ0v) is 20.2. The fraction of sp³-hybridized carbons (Fsp3) is 0.280. The molecule has 0 saturated heterocycles. The Hall–Kier alpha value is -2.64. The molecule has 0 radical (unpaired) electrons. The van der Waals surface area contributed by atoms with Crippen LogP contribution in [0.15, 0.2) is 67.0 Å². The number of aliphatic hydroxyl groups is 1. The summed E-state index contributed by atoms with van der Waals surface area (Å²) < 4.78 is 5.50. The largest absolute Gasteiger partial charge is 0.493 e. The van der Waals surface area contributed by atoms with Gasteiger partial charge in [-0.25, -0.2) is 4.79 Å². The molecule has 0 unspecified atom stereocenters. The molecule has 1 aromatic heterocycles. The smallest absolute Gasteiger partial charge is 0.339 e. The van der Waals surface area contributed by atoms with Crippen molar-refractivity contribution in [3.63, 3.8) is 0 Å². The van der Waals surface area contributed by atoms with E-state index in [4.69, 9.17) is 4.74 Å². The molecule has 2 atom stereocenters. The quantitative estimate of drug-likeness (QED) is 0.371. The van der Waals surface area contributed by atoms with E-state index in [0.717, 1.165) is 23.1 Å². The zero-order chi connectivity index (χ0) is 22.2. The minimum Gasteiger partial charge on any atom is -0.493 e. The highest BCUT2D eigenvalue weighted by Crippen LogP contribution is 2.28. The van der Waals surface area contributed by atoms with Gasteiger partial charge in [-0.15, -0.1) is 24.8 Å². The van der Waals surface area contributed by atoms with Gasteiger partial charge in [0.1, 0.15) is 11.3 Å². The molecule has 0 aliphatic rings. The highest BCUT2D eigenvalue weighted by Gasteiger charge is 2.13. The van der Waals surface area contributed by atoms with Gasteiger partial charge < -0.3 is 20.3 Å². The fourth-order valence-electron chi connectivity index (χ4n) is 3.42. The molecule has 0 aliphatic carbocycles. The zero-order valence-electron chi connectivity index (χ0n) is 18.6. The average Bonchev–Trinajstić information content (AvgIpc) is 2.78. The number of aliphatic hydroxyl groups excluding tert-OH is 1. The summed E-state index contributed by atoms with van der Waals surface area (Å²) in [5, 5.41) is 22.9. The summed E-state index contributed by atoms with van der Waals surface area (Å²) in [5.74, 6) is -0.623. The van der Waals surface area contributed by atoms with E-state index in [1.807, 2.05) is 31.2 Å². The Kier molecular flexibility index (Phi) is 11.9. The number of benzene rings is 2. The number of carbonyl (C=O) groups is 1. The first-order chi connectivity index (χ1) is 15.0. The second-order valence-corrected chi connectivity index (χ2v) is 7.46. The van der Waals surface area contributed by atoms with Crippen LogP contribution in [0.25, 0.3) is 11.1 Å². The van der Waals surface area contributed by atoms with Crippen molar-refractivity contribution >= 4 is 30.8 Å². The van der Waals surface area contributed by atoms with Gasteiger partial charge in [0.15, 0.2) is 0 Å². The molecule has 1 heterocycles. The highest BCUT2D eigenvalue weighted by molar-refractivity contribution is 5.92. The van der Waals surface area contributed by atoms with Crippen LogP contribution in [0.2, 0.25) is 0 Å². The van der Waals surface area contributed by atoms with Crippen molar-refractivity contribution in [2.45, 2.75) is 32.4 Å². The van der Waals surface area contributed by atoms with Crippen molar-refractivity contribution in [2.75, 3.05) is 13.2 Å². The van der Waals surface area contributed by atoms with Crippen molar-refractivity contribution in [3.8, 4) is 16.9 Å². The van der Waals surface area contributed by atoms with Gasteiger partial charge in [-0.05, 0) is 55.2 Å². The van der Waals surface area contributed by atoms with Gasteiger partial charge in [0, 0.05) is 30.5 Å². The van der Waals surface area contributed by atoms with Crippen molar-refractivity contribution in [1.29, 1.82) is 0 Å². The lowest BCUT2D eigenvalue weighted by Crippen LogP contribution is -2.32. The summed E-state index contributed by atoms with van der Waals surface area (Å²) >= 11 is 0. The lowest BCUT2D eigenvalue weighted by atomic mass is 9.99. The van der Waals surface area contributed by atoms with Gasteiger partial charge in [0.2, 0.25) is 0 Å². The molecule has 0 bridgehead atoms. The number of hydrogen-bond donors (Lipinski definition) is 3. The number of carboxylic acids is 1. The van der Waals surface area contributed by atoms with E-state index in [0.29, 0.717) is 18.9 Å². The van der Waals surface area contributed by atoms with Gasteiger partial charge in [0.25, 0.3) is 0 Å². The molecular weight excluding hydrogens is 463 g/mol. The van der Waals surface area contributed by atoms with Crippen LogP contribution in [0.3, 0.4) is 0 Å². The number of pyridine rings is 1. The molecular formula is C25H30Cl2N2O4. The second-order valence-electron chi connectivity index (χ2n) is 7.46. The number of hydrogen-bond acceptors (Lipinski definition) is 5. The lowest BCUT2D eigenvalue weighted by Gasteiger charge is -2.17. The number of aromatic nitrogens is 1. The molecule has 0 amide bonds. The summed E-state index contributed by atoms with van der Waals surface area (Å²) in [5.41, 5.74) is 4.04. The van der Waals surface area contributed by atoms with Crippen molar-refractivity contribution < 1.29 is 19.7 Å². The predicted octanol–water partition coefficient (Wildman–Crippen LogP) is 4.94. The number of nitrogens with one attached hydrogen (secondary N) is 1. The Labute approximate surface area is 206 Å². The number of carboxylic acid groups (broad SMARTS) is 1. The molecule has 0 saturated carbocycles. The van der Waals surface area contributed by atoms with E-state index in [2.05, 4.69) is 29.4 Å². The second kappa shape index (κ2) is 13.8. The highest BCUT2D eigenvalue weighted by atomic mass is 35.5. The first-order valence-electron chi connectivity index (χ1n) is 10.4. The van der Waals surface area contributed by atoms with Gasteiger partial charge in [-0.3, -0.25) is 4.98 Å². The van der Waals surface area contributed by atoms with E-state index >= 15 is 0 Å². The summed E-state index contributed by atoms with van der Waals surface area (Å²) in [7, 11) is 0. The topological polar surface area (TPSA) is 91.7 Å². The number of ether oxygens (including phenoxy) is 1. The van der Waals surface area contributed by atoms with Gasteiger partial charge in [-0.1, -0.05) is 36.4 Å². The molecule has 33 heavy (non-hydrogen) atoms. The molecule has 2 aromatic carbocycles. The normalized spacial score (nSPS) is 12.1. The van der Waals surface area contributed by atoms with Gasteiger partial charge >= 0.3 is 5.97 Å². The molecule has 3 rings (SSSR count). The van der Waals surface area contributed by atoms with Crippen molar-refractivity contribution in [3.05, 3.63) is 83.7 Å². The molecule has 8 heteroatoms. The maximum atomic E-state index is 11.4. The minimum atomic E-state index is -1.000. The number of nitrogens with zero attached hydrogens (tertiary/aromatic N) is 1. The monoisotopic (exact) mass is 492 g/mol. The van der Waals surface area contributed by atoms with Crippen LogP contribution in [-0.4, -0.2) is 40.4 Å². The Bertz CT molecular complexity index is 1000. The van der Waals surface area contributed by atoms with Gasteiger partial charge in [0.05, 0.1) is 12.7 Å². The molecule has 178 valence electrons. The fourth-order valence-corrected chi connectivity index (χ4v) is 3.42. The standard InChI is InChI=1S/C25H28N2O4.2ClH/c1-3-31-24-14-20(10-11-22(24)25(29)30)19-8-6-18(7-9-19)13-17(2)27-16-23(28)21-5-4-12-26-15-21;;/h4-12,14-15,17,23,27-28H,3,13,16H2,1-2H3,(H,29,30);2*1H/t17-,23-;;/m1../s1. The number of halogens is 2. The van der Waals surface area contributed by atoms with E-state index in [1.54, 1.807) is 30.6 Å².